The van der Waals surface area contributed by atoms with Gasteiger partial charge in [-0.25, -0.2) is 0 Å². The highest BCUT2D eigenvalue weighted by Crippen LogP contribution is 2.25. The number of anilines is 1. The highest BCUT2D eigenvalue weighted by atomic mass is 32.2. The number of carbonyl (C=O) groups excluding carboxylic acids is 1. The van der Waals surface area contributed by atoms with E-state index < -0.39 is 0 Å². The molecule has 0 saturated carbocycles. The second-order valence-corrected chi connectivity index (χ2v) is 6.48. The molecule has 1 amide bonds. The first-order valence-electron chi connectivity index (χ1n) is 7.82. The first-order valence-corrected chi connectivity index (χ1v) is 9.04. The van der Waals surface area contributed by atoms with Crippen LogP contribution in [0, 0.1) is 0 Å². The highest BCUT2D eigenvalue weighted by Gasteiger charge is 2.19. The van der Waals surface area contributed by atoms with E-state index in [2.05, 4.69) is 5.32 Å². The van der Waals surface area contributed by atoms with E-state index in [4.69, 9.17) is 4.74 Å². The number of nitrogens with zero attached hydrogens (tertiary/aromatic N) is 1. The molecule has 4 nitrogen and oxygen atoms in total. The maximum absolute atomic E-state index is 12.5. The van der Waals surface area contributed by atoms with Crippen LogP contribution in [0.5, 0.6) is 5.75 Å². The van der Waals surface area contributed by atoms with Crippen LogP contribution in [0.1, 0.15) is 12.5 Å². The summed E-state index contributed by atoms with van der Waals surface area (Å²) in [5.74, 6) is 0.827. The lowest BCUT2D eigenvalue weighted by Crippen LogP contribution is -2.39. The minimum Gasteiger partial charge on any atom is -0.497 e. The van der Waals surface area contributed by atoms with E-state index in [1.807, 2.05) is 73.7 Å². The van der Waals surface area contributed by atoms with Crippen molar-refractivity contribution in [3.8, 4) is 5.75 Å². The maximum Gasteiger partial charge on any atom is 0.241 e. The summed E-state index contributed by atoms with van der Waals surface area (Å²) < 4.78 is 5.17. The molecular weight excluding hydrogens is 320 g/mol. The number of likely N-dealkylation sites (N-methyl/N-ethyl adjacent to an activating group) is 1. The van der Waals surface area contributed by atoms with Crippen molar-refractivity contribution in [1.29, 1.82) is 0 Å². The second kappa shape index (κ2) is 8.76. The molecule has 2 rings (SSSR count). The van der Waals surface area contributed by atoms with E-state index in [9.17, 15) is 4.79 Å². The van der Waals surface area contributed by atoms with Gasteiger partial charge in [-0.2, -0.15) is 0 Å². The van der Waals surface area contributed by atoms with Crippen LogP contribution in [-0.2, 0) is 11.3 Å². The summed E-state index contributed by atoms with van der Waals surface area (Å²) in [6.45, 7) is 2.61. The number of rotatable bonds is 7. The summed E-state index contributed by atoms with van der Waals surface area (Å²) in [7, 11) is 3.61. The molecule has 1 atom stereocenters. The molecule has 0 aliphatic heterocycles. The summed E-state index contributed by atoms with van der Waals surface area (Å²) in [4.78, 5) is 15.6. The van der Waals surface area contributed by atoms with Crippen LogP contribution in [-0.4, -0.2) is 37.3 Å². The number of thioether (sulfide) groups is 1. The molecule has 0 fully saturated rings. The molecule has 0 bridgehead atoms. The van der Waals surface area contributed by atoms with Gasteiger partial charge in [0, 0.05) is 11.4 Å². The Hall–Kier alpha value is -1.98. The lowest BCUT2D eigenvalue weighted by molar-refractivity contribution is -0.120. The number of carbonyl (C=O) groups is 1. The van der Waals surface area contributed by atoms with Crippen LogP contribution in [0.3, 0.4) is 0 Å². The van der Waals surface area contributed by atoms with Crippen molar-refractivity contribution in [3.05, 3.63) is 54.1 Å². The van der Waals surface area contributed by atoms with Gasteiger partial charge in [-0.05, 0) is 50.1 Å². The lowest BCUT2D eigenvalue weighted by atomic mass is 10.1. The summed E-state index contributed by atoms with van der Waals surface area (Å²) in [5, 5.41) is 3.02. The molecule has 0 aliphatic carbocycles. The van der Waals surface area contributed by atoms with Crippen LogP contribution in [0.2, 0.25) is 0 Å². The van der Waals surface area contributed by atoms with E-state index in [1.54, 1.807) is 18.9 Å². The Balaban J connectivity index is 1.98. The smallest absolute Gasteiger partial charge is 0.241 e. The molecule has 0 aliphatic rings. The van der Waals surface area contributed by atoms with E-state index >= 15 is 0 Å². The Labute approximate surface area is 148 Å². The van der Waals surface area contributed by atoms with Crippen LogP contribution < -0.4 is 10.1 Å². The molecule has 2 aromatic rings. The summed E-state index contributed by atoms with van der Waals surface area (Å²) in [5.41, 5.74) is 2.00. The van der Waals surface area contributed by atoms with Crippen molar-refractivity contribution in [1.82, 2.24) is 4.90 Å². The largest absolute Gasteiger partial charge is 0.497 e. The van der Waals surface area contributed by atoms with Crippen LogP contribution in [0.15, 0.2) is 53.4 Å². The molecule has 0 aromatic heterocycles. The lowest BCUT2D eigenvalue weighted by Gasteiger charge is -2.24. The Morgan fingerprint density at radius 3 is 2.50 bits per heavy atom. The standard InChI is InChI=1S/C19H24N2O2S/c1-14(19(22)20-17-7-5-6-8-18(17)24-4)21(2)13-15-9-11-16(23-3)12-10-15/h5-12,14H,13H2,1-4H3,(H,20,22). The predicted molar refractivity (Wildman–Crippen MR) is 101 cm³/mol. The monoisotopic (exact) mass is 344 g/mol. The first kappa shape index (κ1) is 18.4. The average molecular weight is 344 g/mol. The molecule has 1 unspecified atom stereocenters. The van der Waals surface area contributed by atoms with Gasteiger partial charge in [-0.1, -0.05) is 24.3 Å². The summed E-state index contributed by atoms with van der Waals surface area (Å²) in [6, 6.07) is 15.5. The maximum atomic E-state index is 12.5. The zero-order valence-electron chi connectivity index (χ0n) is 14.6. The zero-order valence-corrected chi connectivity index (χ0v) is 15.4. The molecule has 5 heteroatoms. The Morgan fingerprint density at radius 2 is 1.88 bits per heavy atom. The number of nitrogens with one attached hydrogen (secondary N) is 1. The van der Waals surface area contributed by atoms with Gasteiger partial charge in [0.1, 0.15) is 5.75 Å². The van der Waals surface area contributed by atoms with E-state index in [0.29, 0.717) is 6.54 Å². The van der Waals surface area contributed by atoms with Gasteiger partial charge >= 0.3 is 0 Å². The van der Waals surface area contributed by atoms with Gasteiger partial charge in [-0.15, -0.1) is 11.8 Å². The van der Waals surface area contributed by atoms with Gasteiger partial charge in [0.05, 0.1) is 18.8 Å². The van der Waals surface area contributed by atoms with Crippen LogP contribution in [0.25, 0.3) is 0 Å². The van der Waals surface area contributed by atoms with Crippen molar-refractivity contribution < 1.29 is 9.53 Å². The van der Waals surface area contributed by atoms with Crippen molar-refractivity contribution in [3.63, 3.8) is 0 Å². The van der Waals surface area contributed by atoms with Crippen molar-refractivity contribution >= 4 is 23.4 Å². The van der Waals surface area contributed by atoms with Crippen LogP contribution >= 0.6 is 11.8 Å². The number of hydrogen-bond donors (Lipinski definition) is 1. The Bertz CT molecular complexity index is 673. The molecule has 0 radical (unpaired) electrons. The fraction of sp³-hybridized carbons (Fsp3) is 0.316. The van der Waals surface area contributed by atoms with Gasteiger partial charge < -0.3 is 10.1 Å². The highest BCUT2D eigenvalue weighted by molar-refractivity contribution is 7.98. The third-order valence-corrected chi connectivity index (χ3v) is 4.79. The SMILES string of the molecule is COc1ccc(CN(C)C(C)C(=O)Nc2ccccc2SC)cc1. The molecule has 0 saturated heterocycles. The third-order valence-electron chi connectivity index (χ3n) is 4.00. The Kier molecular flexibility index (Phi) is 6.70. The molecule has 128 valence electrons. The van der Waals surface area contributed by atoms with Crippen molar-refractivity contribution in [2.45, 2.75) is 24.4 Å². The Morgan fingerprint density at radius 1 is 1.21 bits per heavy atom. The number of hydrogen-bond acceptors (Lipinski definition) is 4. The second-order valence-electron chi connectivity index (χ2n) is 5.63. The average Bonchev–Trinajstić information content (AvgIpc) is 2.62. The molecule has 0 heterocycles. The summed E-state index contributed by atoms with van der Waals surface area (Å²) in [6.07, 6.45) is 2.00. The van der Waals surface area contributed by atoms with E-state index in [-0.39, 0.29) is 11.9 Å². The number of amides is 1. The molecule has 1 N–H and O–H groups in total. The molecular formula is C19H24N2O2S. The molecule has 2 aromatic carbocycles. The number of methoxy groups -OCH3 is 1. The minimum absolute atomic E-state index is 0.00693. The number of para-hydroxylation sites is 1. The quantitative estimate of drug-likeness (QED) is 0.774. The van der Waals surface area contributed by atoms with Crippen molar-refractivity contribution in [2.24, 2.45) is 0 Å². The fourth-order valence-corrected chi connectivity index (χ4v) is 2.89. The first-order chi connectivity index (χ1) is 11.5. The summed E-state index contributed by atoms with van der Waals surface area (Å²) >= 11 is 1.62. The van der Waals surface area contributed by atoms with Crippen LogP contribution in [0.4, 0.5) is 5.69 Å². The van der Waals surface area contributed by atoms with Gasteiger partial charge in [0.2, 0.25) is 5.91 Å². The third kappa shape index (κ3) is 4.76. The predicted octanol–water partition coefficient (Wildman–Crippen LogP) is 3.88. The number of benzene rings is 2. The van der Waals surface area contributed by atoms with Crippen molar-refractivity contribution in [2.75, 3.05) is 25.7 Å². The molecule has 24 heavy (non-hydrogen) atoms. The van der Waals surface area contributed by atoms with Gasteiger partial charge in [0.15, 0.2) is 0 Å². The van der Waals surface area contributed by atoms with Gasteiger partial charge in [-0.3, -0.25) is 9.69 Å². The number of ether oxygens (including phenoxy) is 1. The molecule has 0 spiro atoms. The van der Waals surface area contributed by atoms with E-state index in [0.717, 1.165) is 21.9 Å². The van der Waals surface area contributed by atoms with E-state index in [1.165, 1.54) is 0 Å². The normalized spacial score (nSPS) is 12.0. The zero-order chi connectivity index (χ0) is 17.5. The minimum atomic E-state index is -0.234. The topological polar surface area (TPSA) is 41.6 Å². The fourth-order valence-electron chi connectivity index (χ4n) is 2.34. The van der Waals surface area contributed by atoms with Gasteiger partial charge in [0.25, 0.3) is 0 Å².